The van der Waals surface area contributed by atoms with Crippen molar-refractivity contribution in [3.8, 4) is 0 Å². The summed E-state index contributed by atoms with van der Waals surface area (Å²) in [5, 5.41) is 13.5. The first-order valence-electron chi connectivity index (χ1n) is 4.30. The lowest BCUT2D eigenvalue weighted by molar-refractivity contribution is -0.131. The summed E-state index contributed by atoms with van der Waals surface area (Å²) in [5.41, 5.74) is 0.522. The van der Waals surface area contributed by atoms with Gasteiger partial charge in [-0.25, -0.2) is 9.59 Å². The summed E-state index contributed by atoms with van der Waals surface area (Å²) < 4.78 is 0. The Morgan fingerprint density at radius 3 is 2.75 bits per heavy atom. The molecule has 0 saturated heterocycles. The summed E-state index contributed by atoms with van der Waals surface area (Å²) in [7, 11) is 0. The van der Waals surface area contributed by atoms with Gasteiger partial charge in [0.1, 0.15) is 0 Å². The van der Waals surface area contributed by atoms with Gasteiger partial charge in [0, 0.05) is 23.0 Å². The number of carbonyl (C=O) groups is 2. The smallest absolute Gasteiger partial charge is 0.329 e. The topological polar surface area (TPSA) is 78.4 Å². The average Bonchev–Trinajstić information content (AvgIpc) is 2.16. The molecule has 0 atom stereocenters. The number of hydrogen-bond acceptors (Lipinski definition) is 2. The largest absolute Gasteiger partial charge is 0.478 e. The third kappa shape index (κ3) is 4.47. The fraction of sp³-hybridized carbons (Fsp3) is 0. The quantitative estimate of drug-likeness (QED) is 0.708. The Bertz CT molecular complexity index is 432. The van der Waals surface area contributed by atoms with E-state index in [0.29, 0.717) is 10.7 Å². The molecule has 0 unspecified atom stereocenters. The highest BCUT2D eigenvalue weighted by Gasteiger charge is 1.99. The molecule has 3 N–H and O–H groups in total. The van der Waals surface area contributed by atoms with Gasteiger partial charge >= 0.3 is 12.0 Å². The molecule has 2 amide bonds. The zero-order chi connectivity index (χ0) is 12.0. The van der Waals surface area contributed by atoms with Crippen LogP contribution >= 0.6 is 11.6 Å². The van der Waals surface area contributed by atoms with Crippen molar-refractivity contribution in [1.29, 1.82) is 0 Å². The SMILES string of the molecule is O=C(O)/C=C/NC(=O)Nc1cccc(Cl)c1. The number of carboxylic acids is 1. The van der Waals surface area contributed by atoms with Crippen molar-refractivity contribution < 1.29 is 14.7 Å². The number of rotatable bonds is 3. The maximum Gasteiger partial charge on any atom is 0.329 e. The molecule has 5 nitrogen and oxygen atoms in total. The molecule has 1 rings (SSSR count). The van der Waals surface area contributed by atoms with Crippen molar-refractivity contribution >= 4 is 29.3 Å². The zero-order valence-electron chi connectivity index (χ0n) is 8.11. The molecular weight excluding hydrogens is 232 g/mol. The van der Waals surface area contributed by atoms with E-state index in [4.69, 9.17) is 16.7 Å². The minimum Gasteiger partial charge on any atom is -0.478 e. The number of aliphatic carboxylic acids is 1. The summed E-state index contributed by atoms with van der Waals surface area (Å²) in [6, 6.07) is 6.05. The minimum atomic E-state index is -1.14. The van der Waals surface area contributed by atoms with Gasteiger partial charge < -0.3 is 15.7 Å². The van der Waals surface area contributed by atoms with Crippen LogP contribution in [0.5, 0.6) is 0 Å². The highest BCUT2D eigenvalue weighted by molar-refractivity contribution is 6.30. The Kier molecular flexibility index (Phi) is 4.35. The van der Waals surface area contributed by atoms with Crippen LogP contribution in [0, 0.1) is 0 Å². The second-order valence-electron chi connectivity index (χ2n) is 2.78. The molecule has 0 aliphatic rings. The average molecular weight is 241 g/mol. The van der Waals surface area contributed by atoms with E-state index < -0.39 is 12.0 Å². The standard InChI is InChI=1S/C10H9ClN2O3/c11-7-2-1-3-8(6-7)13-10(16)12-5-4-9(14)15/h1-6H,(H,14,15)(H2,12,13,16)/b5-4+. The van der Waals surface area contributed by atoms with Gasteiger partial charge in [0.25, 0.3) is 0 Å². The summed E-state index contributed by atoms with van der Waals surface area (Å²) in [5.74, 6) is -1.14. The number of amides is 2. The number of anilines is 1. The number of nitrogens with one attached hydrogen (secondary N) is 2. The number of urea groups is 1. The van der Waals surface area contributed by atoms with Crippen LogP contribution in [0.25, 0.3) is 0 Å². The number of halogens is 1. The lowest BCUT2D eigenvalue weighted by atomic mass is 10.3. The van der Waals surface area contributed by atoms with E-state index >= 15 is 0 Å². The van der Waals surface area contributed by atoms with Gasteiger partial charge in [-0.15, -0.1) is 0 Å². The molecule has 0 fully saturated rings. The zero-order valence-corrected chi connectivity index (χ0v) is 8.86. The third-order valence-electron chi connectivity index (χ3n) is 1.52. The van der Waals surface area contributed by atoms with E-state index in [9.17, 15) is 9.59 Å². The highest BCUT2D eigenvalue weighted by atomic mass is 35.5. The lowest BCUT2D eigenvalue weighted by Gasteiger charge is -2.04. The van der Waals surface area contributed by atoms with Gasteiger partial charge in [-0.2, -0.15) is 0 Å². The third-order valence-corrected chi connectivity index (χ3v) is 1.76. The van der Waals surface area contributed by atoms with Crippen molar-refractivity contribution in [2.75, 3.05) is 5.32 Å². The van der Waals surface area contributed by atoms with Crippen molar-refractivity contribution in [3.63, 3.8) is 0 Å². The lowest BCUT2D eigenvalue weighted by Crippen LogP contribution is -2.24. The van der Waals surface area contributed by atoms with Gasteiger partial charge in [-0.05, 0) is 18.2 Å². The first-order valence-corrected chi connectivity index (χ1v) is 4.68. The Morgan fingerprint density at radius 2 is 2.12 bits per heavy atom. The van der Waals surface area contributed by atoms with Crippen LogP contribution in [0.15, 0.2) is 36.5 Å². The van der Waals surface area contributed by atoms with Crippen LogP contribution in [-0.4, -0.2) is 17.1 Å². The van der Waals surface area contributed by atoms with Crippen LogP contribution in [0.1, 0.15) is 0 Å². The van der Waals surface area contributed by atoms with Gasteiger partial charge in [0.15, 0.2) is 0 Å². The van der Waals surface area contributed by atoms with E-state index in [-0.39, 0.29) is 0 Å². The summed E-state index contributed by atoms with van der Waals surface area (Å²) in [6.07, 6.45) is 1.85. The Balaban J connectivity index is 2.49. The van der Waals surface area contributed by atoms with Crippen LogP contribution in [0.4, 0.5) is 10.5 Å². The molecule has 16 heavy (non-hydrogen) atoms. The first-order chi connectivity index (χ1) is 7.58. The first kappa shape index (κ1) is 12.1. The minimum absolute atomic E-state index is 0.499. The molecule has 6 heteroatoms. The molecule has 1 aromatic rings. The molecule has 0 aliphatic heterocycles. The molecule has 0 aliphatic carbocycles. The monoisotopic (exact) mass is 240 g/mol. The van der Waals surface area contributed by atoms with Crippen molar-refractivity contribution in [1.82, 2.24) is 5.32 Å². The van der Waals surface area contributed by atoms with Crippen LogP contribution in [0.2, 0.25) is 5.02 Å². The number of hydrogen-bond donors (Lipinski definition) is 3. The molecule has 0 heterocycles. The van der Waals surface area contributed by atoms with E-state index in [1.807, 2.05) is 0 Å². The van der Waals surface area contributed by atoms with E-state index in [1.54, 1.807) is 24.3 Å². The highest BCUT2D eigenvalue weighted by Crippen LogP contribution is 2.14. The Hall–Kier alpha value is -2.01. The van der Waals surface area contributed by atoms with Crippen LogP contribution in [-0.2, 0) is 4.79 Å². The summed E-state index contributed by atoms with van der Waals surface area (Å²) in [4.78, 5) is 21.3. The molecule has 0 saturated carbocycles. The van der Waals surface area contributed by atoms with E-state index in [2.05, 4.69) is 10.6 Å². The van der Waals surface area contributed by atoms with Crippen molar-refractivity contribution in [3.05, 3.63) is 41.6 Å². The summed E-state index contributed by atoms with van der Waals surface area (Å²) in [6.45, 7) is 0. The van der Waals surface area contributed by atoms with Crippen LogP contribution < -0.4 is 10.6 Å². The fourth-order valence-corrected chi connectivity index (χ4v) is 1.11. The van der Waals surface area contributed by atoms with Gasteiger partial charge in [0.05, 0.1) is 0 Å². The fourth-order valence-electron chi connectivity index (χ4n) is 0.922. The molecule has 0 bridgehead atoms. The second kappa shape index (κ2) is 5.77. The van der Waals surface area contributed by atoms with E-state index in [0.717, 1.165) is 12.3 Å². The van der Waals surface area contributed by atoms with Crippen molar-refractivity contribution in [2.45, 2.75) is 0 Å². The maximum atomic E-state index is 11.2. The van der Waals surface area contributed by atoms with Crippen molar-refractivity contribution in [2.24, 2.45) is 0 Å². The van der Waals surface area contributed by atoms with E-state index in [1.165, 1.54) is 0 Å². The second-order valence-corrected chi connectivity index (χ2v) is 3.22. The number of carboxylic acid groups (broad SMARTS) is 1. The predicted octanol–water partition coefficient (Wildman–Crippen LogP) is 2.06. The molecule has 84 valence electrons. The molecular formula is C10H9ClN2O3. The molecule has 1 aromatic carbocycles. The Labute approximate surface area is 96.7 Å². The maximum absolute atomic E-state index is 11.2. The van der Waals surface area contributed by atoms with Gasteiger partial charge in [0.2, 0.25) is 0 Å². The molecule has 0 radical (unpaired) electrons. The van der Waals surface area contributed by atoms with Gasteiger partial charge in [-0.3, -0.25) is 0 Å². The number of benzene rings is 1. The summed E-state index contributed by atoms with van der Waals surface area (Å²) >= 11 is 5.71. The predicted molar refractivity (Wildman–Crippen MR) is 60.4 cm³/mol. The molecule has 0 aromatic heterocycles. The van der Waals surface area contributed by atoms with Gasteiger partial charge in [-0.1, -0.05) is 17.7 Å². The molecule has 0 spiro atoms. The normalized spacial score (nSPS) is 10.1. The van der Waals surface area contributed by atoms with Crippen LogP contribution in [0.3, 0.4) is 0 Å². The Morgan fingerprint density at radius 1 is 1.38 bits per heavy atom. The number of carbonyl (C=O) groups excluding carboxylic acids is 1.